The molecule has 0 bridgehead atoms. The van der Waals surface area contributed by atoms with Gasteiger partial charge in [0.05, 0.1) is 7.11 Å². The molecule has 2 heteroatoms. The Labute approximate surface area is 121 Å². The molecule has 2 aromatic carbocycles. The van der Waals surface area contributed by atoms with Crippen molar-refractivity contribution in [3.8, 4) is 5.75 Å². The lowest BCUT2D eigenvalue weighted by atomic mass is 9.77. The zero-order valence-electron chi connectivity index (χ0n) is 12.5. The molecule has 2 nitrogen and oxygen atoms in total. The number of aryl methyl sites for hydroxylation is 1. The first-order chi connectivity index (χ1) is 9.57. The van der Waals surface area contributed by atoms with E-state index in [1.807, 2.05) is 12.1 Å². The lowest BCUT2D eigenvalue weighted by molar-refractivity contribution is 0.410. The summed E-state index contributed by atoms with van der Waals surface area (Å²) in [6.45, 7) is 4.92. The van der Waals surface area contributed by atoms with Crippen molar-refractivity contribution in [3.63, 3.8) is 0 Å². The highest BCUT2D eigenvalue weighted by Crippen LogP contribution is 2.29. The van der Waals surface area contributed by atoms with Crippen molar-refractivity contribution in [1.82, 2.24) is 0 Å². The Hall–Kier alpha value is -1.80. The summed E-state index contributed by atoms with van der Waals surface area (Å²) < 4.78 is 5.32. The third-order valence-electron chi connectivity index (χ3n) is 3.93. The number of hydrogen-bond acceptors (Lipinski definition) is 2. The highest BCUT2D eigenvalue weighted by Gasteiger charge is 2.25. The largest absolute Gasteiger partial charge is 0.497 e. The minimum atomic E-state index is -0.0796. The van der Waals surface area contributed by atoms with Crippen molar-refractivity contribution in [3.05, 3.63) is 65.2 Å². The molecule has 2 rings (SSSR count). The Bertz CT molecular complexity index is 562. The summed E-state index contributed by atoms with van der Waals surface area (Å²) >= 11 is 0. The summed E-state index contributed by atoms with van der Waals surface area (Å²) in [5.74, 6) is 0.881. The number of methoxy groups -OCH3 is 1. The number of ether oxygens (including phenoxy) is 1. The molecule has 0 aliphatic rings. The summed E-state index contributed by atoms with van der Waals surface area (Å²) in [6, 6.07) is 16.9. The molecule has 0 radical (unpaired) electrons. The van der Waals surface area contributed by atoms with Gasteiger partial charge in [-0.1, -0.05) is 48.9 Å². The minimum Gasteiger partial charge on any atom is -0.497 e. The maximum absolute atomic E-state index is 6.07. The Morgan fingerprint density at radius 3 is 2.40 bits per heavy atom. The molecule has 0 aliphatic carbocycles. The molecule has 106 valence electrons. The monoisotopic (exact) mass is 269 g/mol. The van der Waals surface area contributed by atoms with Crippen LogP contribution >= 0.6 is 0 Å². The lowest BCUT2D eigenvalue weighted by Crippen LogP contribution is -2.34. The topological polar surface area (TPSA) is 35.2 Å². The fourth-order valence-corrected chi connectivity index (χ4v) is 2.45. The third kappa shape index (κ3) is 3.20. The van der Waals surface area contributed by atoms with E-state index in [0.29, 0.717) is 6.54 Å². The van der Waals surface area contributed by atoms with Gasteiger partial charge in [-0.3, -0.25) is 0 Å². The first-order valence-electron chi connectivity index (χ1n) is 6.97. The van der Waals surface area contributed by atoms with Crippen LogP contribution in [0.5, 0.6) is 5.75 Å². The van der Waals surface area contributed by atoms with Crippen LogP contribution < -0.4 is 10.5 Å². The van der Waals surface area contributed by atoms with Gasteiger partial charge in [-0.15, -0.1) is 0 Å². The van der Waals surface area contributed by atoms with Crippen molar-refractivity contribution in [1.29, 1.82) is 0 Å². The summed E-state index contributed by atoms with van der Waals surface area (Å²) in [5, 5.41) is 0. The second kappa shape index (κ2) is 6.10. The number of nitrogens with two attached hydrogens (primary N) is 1. The van der Waals surface area contributed by atoms with Crippen molar-refractivity contribution < 1.29 is 4.74 Å². The van der Waals surface area contributed by atoms with E-state index in [1.165, 1.54) is 16.7 Å². The van der Waals surface area contributed by atoms with Gasteiger partial charge in [-0.05, 0) is 36.6 Å². The number of hydrogen-bond donors (Lipinski definition) is 1. The fraction of sp³-hybridized carbons (Fsp3) is 0.333. The molecule has 0 saturated heterocycles. The van der Waals surface area contributed by atoms with Crippen LogP contribution in [0.25, 0.3) is 0 Å². The molecule has 0 saturated carbocycles. The van der Waals surface area contributed by atoms with E-state index >= 15 is 0 Å². The highest BCUT2D eigenvalue weighted by molar-refractivity contribution is 5.36. The van der Waals surface area contributed by atoms with Crippen LogP contribution in [0, 0.1) is 6.92 Å². The Balaban J connectivity index is 2.30. The van der Waals surface area contributed by atoms with E-state index in [9.17, 15) is 0 Å². The number of rotatable bonds is 5. The Morgan fingerprint density at radius 1 is 1.10 bits per heavy atom. The standard InChI is InChI=1S/C18H23NO/c1-14-7-9-15(10-8-14)12-18(2,13-19)16-5-4-6-17(11-16)20-3/h4-11H,12-13,19H2,1-3H3. The molecular formula is C18H23NO. The van der Waals surface area contributed by atoms with Gasteiger partial charge >= 0.3 is 0 Å². The van der Waals surface area contributed by atoms with E-state index in [1.54, 1.807) is 7.11 Å². The van der Waals surface area contributed by atoms with E-state index in [2.05, 4.69) is 50.2 Å². The average Bonchev–Trinajstić information content (AvgIpc) is 2.49. The molecule has 0 aliphatic heterocycles. The summed E-state index contributed by atoms with van der Waals surface area (Å²) in [4.78, 5) is 0. The van der Waals surface area contributed by atoms with Crippen molar-refractivity contribution in [2.45, 2.75) is 25.7 Å². The second-order valence-corrected chi connectivity index (χ2v) is 5.66. The molecule has 0 aromatic heterocycles. The number of benzene rings is 2. The quantitative estimate of drug-likeness (QED) is 0.902. The predicted octanol–water partition coefficient (Wildman–Crippen LogP) is 3.46. The fourth-order valence-electron chi connectivity index (χ4n) is 2.45. The van der Waals surface area contributed by atoms with Gasteiger partial charge in [-0.25, -0.2) is 0 Å². The van der Waals surface area contributed by atoms with Crippen LogP contribution in [-0.4, -0.2) is 13.7 Å². The van der Waals surface area contributed by atoms with Crippen LogP contribution in [0.15, 0.2) is 48.5 Å². The van der Waals surface area contributed by atoms with E-state index < -0.39 is 0 Å². The van der Waals surface area contributed by atoms with Crippen LogP contribution in [0.2, 0.25) is 0 Å². The first kappa shape index (κ1) is 14.6. The maximum Gasteiger partial charge on any atom is 0.119 e. The van der Waals surface area contributed by atoms with Gasteiger partial charge in [0.2, 0.25) is 0 Å². The van der Waals surface area contributed by atoms with E-state index in [0.717, 1.165) is 12.2 Å². The van der Waals surface area contributed by atoms with Gasteiger partial charge in [0.1, 0.15) is 5.75 Å². The molecular weight excluding hydrogens is 246 g/mol. The minimum absolute atomic E-state index is 0.0796. The average molecular weight is 269 g/mol. The zero-order valence-corrected chi connectivity index (χ0v) is 12.5. The lowest BCUT2D eigenvalue weighted by Gasteiger charge is -2.29. The molecule has 1 unspecified atom stereocenters. The third-order valence-corrected chi connectivity index (χ3v) is 3.93. The summed E-state index contributed by atoms with van der Waals surface area (Å²) in [5.41, 5.74) is 9.80. The van der Waals surface area contributed by atoms with Crippen LogP contribution in [0.4, 0.5) is 0 Å². The van der Waals surface area contributed by atoms with E-state index in [-0.39, 0.29) is 5.41 Å². The molecule has 2 aromatic rings. The second-order valence-electron chi connectivity index (χ2n) is 5.66. The maximum atomic E-state index is 6.07. The van der Waals surface area contributed by atoms with Crippen molar-refractivity contribution >= 4 is 0 Å². The van der Waals surface area contributed by atoms with Crippen LogP contribution in [0.1, 0.15) is 23.6 Å². The Kier molecular flexibility index (Phi) is 4.46. The Morgan fingerprint density at radius 2 is 1.80 bits per heavy atom. The van der Waals surface area contributed by atoms with Gasteiger partial charge in [0.15, 0.2) is 0 Å². The molecule has 0 amide bonds. The molecule has 0 spiro atoms. The summed E-state index contributed by atoms with van der Waals surface area (Å²) in [7, 11) is 1.69. The molecule has 0 fully saturated rings. The highest BCUT2D eigenvalue weighted by atomic mass is 16.5. The van der Waals surface area contributed by atoms with Crippen molar-refractivity contribution in [2.75, 3.05) is 13.7 Å². The zero-order chi connectivity index (χ0) is 14.6. The molecule has 20 heavy (non-hydrogen) atoms. The first-order valence-corrected chi connectivity index (χ1v) is 6.97. The van der Waals surface area contributed by atoms with Gasteiger partial charge in [-0.2, -0.15) is 0 Å². The van der Waals surface area contributed by atoms with Gasteiger partial charge in [0, 0.05) is 12.0 Å². The molecule has 2 N–H and O–H groups in total. The molecule has 1 atom stereocenters. The van der Waals surface area contributed by atoms with Crippen molar-refractivity contribution in [2.24, 2.45) is 5.73 Å². The summed E-state index contributed by atoms with van der Waals surface area (Å²) in [6.07, 6.45) is 0.928. The van der Waals surface area contributed by atoms with E-state index in [4.69, 9.17) is 10.5 Å². The smallest absolute Gasteiger partial charge is 0.119 e. The predicted molar refractivity (Wildman–Crippen MR) is 84.3 cm³/mol. The van der Waals surface area contributed by atoms with Gasteiger partial charge < -0.3 is 10.5 Å². The SMILES string of the molecule is COc1cccc(C(C)(CN)Cc2ccc(C)cc2)c1. The van der Waals surface area contributed by atoms with Crippen LogP contribution in [0.3, 0.4) is 0 Å². The normalized spacial score (nSPS) is 13.8. The van der Waals surface area contributed by atoms with Gasteiger partial charge in [0.25, 0.3) is 0 Å². The molecule has 0 heterocycles. The van der Waals surface area contributed by atoms with Crippen LogP contribution in [-0.2, 0) is 11.8 Å².